The van der Waals surface area contributed by atoms with E-state index >= 15 is 0 Å². The minimum Gasteiger partial charge on any atom is -0.414 e. The summed E-state index contributed by atoms with van der Waals surface area (Å²) in [7, 11) is -5.56. The first-order chi connectivity index (χ1) is 15.9. The van der Waals surface area contributed by atoms with Gasteiger partial charge in [-0.05, 0) is 22.2 Å². The van der Waals surface area contributed by atoms with Crippen LogP contribution in [0.5, 0.6) is 0 Å². The van der Waals surface area contributed by atoms with Gasteiger partial charge in [0.1, 0.15) is 17.8 Å². The highest BCUT2D eigenvalue weighted by molar-refractivity contribution is 6.84. The number of nitrogens with zero attached hydrogens (tertiary/aromatic N) is 1. The molecule has 34 heavy (non-hydrogen) atoms. The van der Waals surface area contributed by atoms with Gasteiger partial charge in [0.2, 0.25) is 0 Å². The van der Waals surface area contributed by atoms with Crippen LogP contribution < -0.4 is 11.2 Å². The van der Waals surface area contributed by atoms with E-state index in [1.807, 2.05) is 0 Å². The maximum Gasteiger partial charge on any atom is 0.335 e. The first-order valence-corrected chi connectivity index (χ1v) is 16.5. The Morgan fingerprint density at radius 2 is 1.59 bits per heavy atom. The Hall–Kier alpha value is -1.09. The molecule has 4 rings (SSSR count). The van der Waals surface area contributed by atoms with Crippen LogP contribution in [0.2, 0.25) is 22.2 Å². The molecule has 4 heterocycles. The average molecular weight is 513 g/mol. The highest BCUT2D eigenvalue weighted by Gasteiger charge is 2.68. The van der Waals surface area contributed by atoms with Crippen molar-refractivity contribution in [2.45, 2.75) is 108 Å². The van der Waals surface area contributed by atoms with Crippen molar-refractivity contribution in [3.63, 3.8) is 0 Å². The molecule has 1 spiro atoms. The van der Waals surface area contributed by atoms with Crippen molar-refractivity contribution >= 4 is 17.1 Å². The van der Waals surface area contributed by atoms with E-state index in [1.54, 1.807) is 0 Å². The molecule has 0 radical (unpaired) electrons. The summed E-state index contributed by atoms with van der Waals surface area (Å²) in [6, 6.07) is 1.33. The van der Waals surface area contributed by atoms with Crippen LogP contribution in [0.4, 0.5) is 0 Å². The van der Waals surface area contributed by atoms with Gasteiger partial charge in [0.05, 0.1) is 13.2 Å². The van der Waals surface area contributed by atoms with E-state index in [1.165, 1.54) is 16.8 Å². The van der Waals surface area contributed by atoms with E-state index in [0.29, 0.717) is 19.6 Å². The van der Waals surface area contributed by atoms with E-state index in [9.17, 15) is 9.59 Å². The zero-order valence-electron chi connectivity index (χ0n) is 21.6. The molecule has 3 aliphatic rings. The van der Waals surface area contributed by atoms with Crippen molar-refractivity contribution in [2.75, 3.05) is 13.2 Å². The Kier molecular flexibility index (Phi) is 6.95. The fraction of sp³-hybridized carbons (Fsp3) is 0.826. The van der Waals surface area contributed by atoms with Crippen molar-refractivity contribution in [1.29, 1.82) is 0 Å². The second-order valence-electron chi connectivity index (χ2n) is 11.1. The number of nitrogens with one attached hydrogen (secondary N) is 1. The van der Waals surface area contributed by atoms with Crippen LogP contribution in [0.15, 0.2) is 21.9 Å². The van der Waals surface area contributed by atoms with Gasteiger partial charge in [-0.25, -0.2) is 4.79 Å². The van der Waals surface area contributed by atoms with E-state index < -0.39 is 52.4 Å². The fourth-order valence-electron chi connectivity index (χ4n) is 5.90. The van der Waals surface area contributed by atoms with E-state index in [-0.39, 0.29) is 22.2 Å². The third kappa shape index (κ3) is 3.84. The summed E-state index contributed by atoms with van der Waals surface area (Å²) < 4.78 is 35.4. The minimum atomic E-state index is -2.86. The Morgan fingerprint density at radius 3 is 2.06 bits per heavy atom. The lowest BCUT2D eigenvalue weighted by molar-refractivity contribution is -0.226. The van der Waals surface area contributed by atoms with Gasteiger partial charge in [-0.15, -0.1) is 0 Å². The van der Waals surface area contributed by atoms with Crippen molar-refractivity contribution in [3.05, 3.63) is 33.1 Å². The van der Waals surface area contributed by atoms with Gasteiger partial charge in [0, 0.05) is 18.7 Å². The monoisotopic (exact) mass is 512 g/mol. The Morgan fingerprint density at radius 1 is 1.00 bits per heavy atom. The number of hydrogen-bond acceptors (Lipinski definition) is 7. The summed E-state index contributed by atoms with van der Waals surface area (Å²) >= 11 is 0. The summed E-state index contributed by atoms with van der Waals surface area (Å²) in [5.41, 5.74) is -1.01. The summed E-state index contributed by atoms with van der Waals surface area (Å²) in [5.74, 6) is 0. The third-order valence-corrected chi connectivity index (χ3v) is 18.1. The summed E-state index contributed by atoms with van der Waals surface area (Å²) in [6.07, 6.45) is 0.585. The summed E-state index contributed by atoms with van der Waals surface area (Å²) in [5, 5.41) is 0. The molecule has 1 N–H and O–H groups in total. The summed E-state index contributed by atoms with van der Waals surface area (Å²) in [4.78, 5) is 26.7. The standard InChI is InChI=1S/C23H40N2O7Si2/c1-14(2)33(15(3)4)29-13-18-20(31-34(32-33,16(5)6)17(7)8)23(10-12-28-23)21(30-18)25-11-9-19(26)24-22(25)27/h9,11,14-18,20-21H,10,12-13H2,1-8H3,(H,24,26,27)/t18?,20-,21?,23-/m1/s1. The predicted molar refractivity (Wildman–Crippen MR) is 132 cm³/mol. The van der Waals surface area contributed by atoms with Crippen LogP contribution in [-0.2, 0) is 22.4 Å². The molecule has 3 fully saturated rings. The zero-order valence-corrected chi connectivity index (χ0v) is 23.6. The normalized spacial score (nSPS) is 32.8. The zero-order chi connectivity index (χ0) is 25.1. The second-order valence-corrected chi connectivity index (χ2v) is 20.0. The number of ether oxygens (including phenoxy) is 2. The first-order valence-electron chi connectivity index (χ1n) is 12.5. The van der Waals surface area contributed by atoms with Crippen LogP contribution in [0.1, 0.15) is 68.0 Å². The molecular weight excluding hydrogens is 472 g/mol. The fourth-order valence-corrected chi connectivity index (χ4v) is 17.1. The number of aromatic nitrogens is 2. The molecule has 1 aromatic heterocycles. The number of rotatable bonds is 5. The van der Waals surface area contributed by atoms with Gasteiger partial charge in [-0.1, -0.05) is 55.4 Å². The largest absolute Gasteiger partial charge is 0.414 e. The molecule has 0 aromatic carbocycles. The molecule has 4 atom stereocenters. The number of H-pyrrole nitrogens is 1. The van der Waals surface area contributed by atoms with Crippen molar-refractivity contribution in [2.24, 2.45) is 0 Å². The van der Waals surface area contributed by atoms with Crippen LogP contribution in [0.25, 0.3) is 0 Å². The smallest absolute Gasteiger partial charge is 0.335 e. The average Bonchev–Trinajstić information content (AvgIpc) is 3.00. The Bertz CT molecular complexity index is 986. The predicted octanol–water partition coefficient (Wildman–Crippen LogP) is 3.55. The van der Waals surface area contributed by atoms with Crippen molar-refractivity contribution < 1.29 is 22.4 Å². The molecule has 3 saturated heterocycles. The van der Waals surface area contributed by atoms with Crippen LogP contribution in [0.3, 0.4) is 0 Å². The topological polar surface area (TPSA) is 101 Å². The minimum absolute atomic E-state index is 0.172. The molecule has 192 valence electrons. The molecule has 3 aliphatic heterocycles. The molecule has 2 unspecified atom stereocenters. The van der Waals surface area contributed by atoms with Gasteiger partial charge in [-0.2, -0.15) is 0 Å². The molecular formula is C23H40N2O7Si2. The number of hydrogen-bond donors (Lipinski definition) is 1. The van der Waals surface area contributed by atoms with Gasteiger partial charge in [-0.3, -0.25) is 14.3 Å². The molecule has 0 saturated carbocycles. The Labute approximate surface area is 203 Å². The van der Waals surface area contributed by atoms with E-state index in [2.05, 4.69) is 60.4 Å². The molecule has 0 amide bonds. The lowest BCUT2D eigenvalue weighted by atomic mass is 9.86. The van der Waals surface area contributed by atoms with Crippen LogP contribution in [-0.4, -0.2) is 57.7 Å². The first kappa shape index (κ1) is 26.0. The third-order valence-electron chi connectivity index (χ3n) is 7.83. The second kappa shape index (κ2) is 9.09. The molecule has 0 bridgehead atoms. The lowest BCUT2D eigenvalue weighted by Gasteiger charge is -2.54. The number of fused-ring (bicyclic) bond motifs is 2. The van der Waals surface area contributed by atoms with Gasteiger partial charge in [0.15, 0.2) is 6.23 Å². The van der Waals surface area contributed by atoms with Gasteiger partial charge >= 0.3 is 22.8 Å². The number of aromatic amines is 1. The maximum absolute atomic E-state index is 12.7. The van der Waals surface area contributed by atoms with E-state index in [4.69, 9.17) is 22.4 Å². The SMILES string of the molecule is CC(C)[Si]1(C(C)C)OCC2OC(n3ccc(=O)[nH]c3=O)[C@@]3(CCO3)[C@@H]2O[Si](C(C)C)(C(C)C)O1. The van der Waals surface area contributed by atoms with E-state index in [0.717, 1.165) is 0 Å². The van der Waals surface area contributed by atoms with Crippen LogP contribution >= 0.6 is 0 Å². The highest BCUT2D eigenvalue weighted by atomic mass is 28.5. The molecule has 0 aliphatic carbocycles. The van der Waals surface area contributed by atoms with Crippen LogP contribution in [0, 0.1) is 0 Å². The lowest BCUT2D eigenvalue weighted by Crippen LogP contribution is -2.68. The Balaban J connectivity index is 1.84. The molecule has 11 heteroatoms. The highest BCUT2D eigenvalue weighted by Crippen LogP contribution is 2.54. The van der Waals surface area contributed by atoms with Gasteiger partial charge in [0.25, 0.3) is 5.56 Å². The van der Waals surface area contributed by atoms with Gasteiger partial charge < -0.3 is 22.4 Å². The summed E-state index contributed by atoms with van der Waals surface area (Å²) in [6.45, 7) is 18.3. The maximum atomic E-state index is 12.7. The molecule has 1 aromatic rings. The van der Waals surface area contributed by atoms with Crippen molar-refractivity contribution in [1.82, 2.24) is 9.55 Å². The quantitative estimate of drug-likeness (QED) is 0.602. The van der Waals surface area contributed by atoms with Crippen molar-refractivity contribution in [3.8, 4) is 0 Å². The molecule has 9 nitrogen and oxygen atoms in total.